The molecule has 1 saturated carbocycles. The predicted octanol–water partition coefficient (Wildman–Crippen LogP) is 7.46. The molecule has 0 spiro atoms. The fourth-order valence-electron chi connectivity index (χ4n) is 6.05. The van der Waals surface area contributed by atoms with E-state index >= 15 is 4.39 Å². The number of hydrogen-bond acceptors (Lipinski definition) is 6. The number of methoxy groups -OCH3 is 1. The van der Waals surface area contributed by atoms with Crippen molar-refractivity contribution in [2.24, 2.45) is 17.8 Å². The molecule has 0 radical (unpaired) electrons. The molecule has 3 aliphatic rings. The summed E-state index contributed by atoms with van der Waals surface area (Å²) in [4.78, 5) is 11.3. The van der Waals surface area contributed by atoms with Crippen molar-refractivity contribution in [3.63, 3.8) is 0 Å². The van der Waals surface area contributed by atoms with Crippen LogP contribution >= 0.6 is 0 Å². The van der Waals surface area contributed by atoms with Gasteiger partial charge in [-0.05, 0) is 76.0 Å². The van der Waals surface area contributed by atoms with E-state index in [-0.39, 0.29) is 42.6 Å². The molecule has 2 heterocycles. The van der Waals surface area contributed by atoms with Crippen molar-refractivity contribution >= 4 is 5.97 Å². The van der Waals surface area contributed by atoms with E-state index in [4.69, 9.17) is 18.9 Å². The lowest BCUT2D eigenvalue weighted by Gasteiger charge is -2.31. The molecular formula is C32H53FO6. The smallest absolute Gasteiger partial charge is 0.330 e. The summed E-state index contributed by atoms with van der Waals surface area (Å²) in [5.74, 6) is -0.103. The zero-order valence-electron chi connectivity index (χ0n) is 24.6. The van der Waals surface area contributed by atoms with Gasteiger partial charge in [-0.25, -0.2) is 9.18 Å². The number of allylic oxidation sites excluding steroid dienone is 1. The molecule has 224 valence electrons. The number of unbranched alkanes of at least 4 members (excludes halogenated alkanes) is 3. The highest BCUT2D eigenvalue weighted by Crippen LogP contribution is 2.42. The third-order valence-electron chi connectivity index (χ3n) is 8.47. The molecular weight excluding hydrogens is 499 g/mol. The number of ether oxygens (including phenoxy) is 5. The highest BCUT2D eigenvalue weighted by atomic mass is 19.1. The molecule has 0 aromatic heterocycles. The van der Waals surface area contributed by atoms with E-state index in [1.54, 1.807) is 0 Å². The number of esters is 1. The summed E-state index contributed by atoms with van der Waals surface area (Å²) in [6, 6.07) is 0. The van der Waals surface area contributed by atoms with Crippen LogP contribution in [0.4, 0.5) is 4.39 Å². The molecule has 7 heteroatoms. The number of carbonyl (C=O) groups excluding carboxylic acids is 1. The van der Waals surface area contributed by atoms with Gasteiger partial charge in [-0.3, -0.25) is 0 Å². The average Bonchev–Trinajstić information content (AvgIpc) is 3.25. The fourth-order valence-corrected chi connectivity index (χ4v) is 6.05. The molecule has 3 unspecified atom stereocenters. The molecule has 0 aromatic carbocycles. The van der Waals surface area contributed by atoms with Gasteiger partial charge in [0.1, 0.15) is 6.17 Å². The Balaban J connectivity index is 1.68. The molecule has 2 saturated heterocycles. The minimum atomic E-state index is -0.905. The summed E-state index contributed by atoms with van der Waals surface area (Å²) in [7, 11) is 1.38. The second-order valence-corrected chi connectivity index (χ2v) is 11.6. The van der Waals surface area contributed by atoms with Gasteiger partial charge in [0.2, 0.25) is 0 Å². The van der Waals surface area contributed by atoms with Crippen LogP contribution in [0, 0.1) is 17.8 Å². The van der Waals surface area contributed by atoms with Crippen molar-refractivity contribution in [2.75, 3.05) is 20.3 Å². The molecule has 6 nitrogen and oxygen atoms in total. The van der Waals surface area contributed by atoms with Crippen LogP contribution in [-0.2, 0) is 28.5 Å². The monoisotopic (exact) mass is 552 g/mol. The highest BCUT2D eigenvalue weighted by molar-refractivity contribution is 5.81. The molecule has 0 bridgehead atoms. The largest absolute Gasteiger partial charge is 0.466 e. The van der Waals surface area contributed by atoms with E-state index in [1.165, 1.54) is 13.2 Å². The van der Waals surface area contributed by atoms with Crippen molar-refractivity contribution in [3.8, 4) is 0 Å². The Labute approximate surface area is 236 Å². The highest BCUT2D eigenvalue weighted by Gasteiger charge is 2.44. The minimum Gasteiger partial charge on any atom is -0.466 e. The van der Waals surface area contributed by atoms with Gasteiger partial charge in [0.15, 0.2) is 12.6 Å². The van der Waals surface area contributed by atoms with Crippen LogP contribution in [0.25, 0.3) is 0 Å². The minimum absolute atomic E-state index is 0.0205. The number of rotatable bonds is 16. The van der Waals surface area contributed by atoms with Crippen LogP contribution in [0.15, 0.2) is 24.3 Å². The van der Waals surface area contributed by atoms with Gasteiger partial charge < -0.3 is 23.7 Å². The average molecular weight is 553 g/mol. The summed E-state index contributed by atoms with van der Waals surface area (Å²) in [6.07, 6.45) is 19.5. The third-order valence-corrected chi connectivity index (χ3v) is 8.47. The normalized spacial score (nSPS) is 31.6. The van der Waals surface area contributed by atoms with Crippen LogP contribution in [0.5, 0.6) is 0 Å². The Kier molecular flexibility index (Phi) is 15.1. The molecule has 3 rings (SSSR count). The summed E-state index contributed by atoms with van der Waals surface area (Å²) in [5.41, 5.74) is 0. The van der Waals surface area contributed by atoms with Crippen molar-refractivity contribution in [1.29, 1.82) is 0 Å². The van der Waals surface area contributed by atoms with Crippen LogP contribution in [0.2, 0.25) is 0 Å². The number of alkyl halides is 1. The second-order valence-electron chi connectivity index (χ2n) is 11.6. The number of carbonyl (C=O) groups is 1. The topological polar surface area (TPSA) is 63.2 Å². The molecule has 0 N–H and O–H groups in total. The molecule has 0 aromatic rings. The Morgan fingerprint density at radius 1 is 1.05 bits per heavy atom. The van der Waals surface area contributed by atoms with Crippen LogP contribution in [0.3, 0.4) is 0 Å². The SMILES string of the molecule is CCCCC(C)[C@@H](/C=C/[C@@H]1[C@@H](CCCC/C=C/C(=O)OC)[C@H](F)C[C@H]1OC1CCCCO1)OC1CCCCO1. The van der Waals surface area contributed by atoms with Crippen LogP contribution in [0.1, 0.15) is 104 Å². The van der Waals surface area contributed by atoms with Gasteiger partial charge in [-0.15, -0.1) is 0 Å². The van der Waals surface area contributed by atoms with Gasteiger partial charge >= 0.3 is 5.97 Å². The first-order valence-corrected chi connectivity index (χ1v) is 15.6. The fraction of sp³-hybridized carbons (Fsp3) is 0.844. The molecule has 3 fully saturated rings. The first-order valence-electron chi connectivity index (χ1n) is 15.6. The summed E-state index contributed by atoms with van der Waals surface area (Å²) < 4.78 is 44.8. The lowest BCUT2D eigenvalue weighted by atomic mass is 9.87. The summed E-state index contributed by atoms with van der Waals surface area (Å²) in [6.45, 7) is 5.94. The molecule has 2 aliphatic heterocycles. The summed E-state index contributed by atoms with van der Waals surface area (Å²) >= 11 is 0. The van der Waals surface area contributed by atoms with Crippen molar-refractivity contribution < 1.29 is 32.9 Å². The maximum absolute atomic E-state index is 15.5. The quantitative estimate of drug-likeness (QED) is 0.0857. The Morgan fingerprint density at radius 3 is 2.46 bits per heavy atom. The first-order chi connectivity index (χ1) is 19.0. The van der Waals surface area contributed by atoms with Gasteiger partial charge in [0.05, 0.1) is 19.3 Å². The maximum atomic E-state index is 15.5. The second kappa shape index (κ2) is 18.2. The predicted molar refractivity (Wildman–Crippen MR) is 151 cm³/mol. The van der Waals surface area contributed by atoms with Crippen molar-refractivity contribution in [3.05, 3.63) is 24.3 Å². The lowest BCUT2D eigenvalue weighted by Crippen LogP contribution is -2.32. The van der Waals surface area contributed by atoms with E-state index in [2.05, 4.69) is 30.7 Å². The van der Waals surface area contributed by atoms with E-state index < -0.39 is 6.17 Å². The van der Waals surface area contributed by atoms with Crippen LogP contribution in [-0.4, -0.2) is 57.3 Å². The van der Waals surface area contributed by atoms with Crippen molar-refractivity contribution in [2.45, 2.75) is 135 Å². The molecule has 0 amide bonds. The van der Waals surface area contributed by atoms with Crippen molar-refractivity contribution in [1.82, 2.24) is 0 Å². The molecule has 8 atom stereocenters. The number of halogens is 1. The maximum Gasteiger partial charge on any atom is 0.330 e. The number of hydrogen-bond donors (Lipinski definition) is 0. The first kappa shape index (κ1) is 32.2. The van der Waals surface area contributed by atoms with E-state index in [0.717, 1.165) is 90.1 Å². The van der Waals surface area contributed by atoms with Gasteiger partial charge in [-0.2, -0.15) is 0 Å². The van der Waals surface area contributed by atoms with E-state index in [0.29, 0.717) is 18.9 Å². The zero-order valence-corrected chi connectivity index (χ0v) is 24.6. The Bertz CT molecular complexity index is 730. The van der Waals surface area contributed by atoms with E-state index in [1.807, 2.05) is 6.08 Å². The Morgan fingerprint density at radius 2 is 1.79 bits per heavy atom. The Hall–Kier alpha value is -1.28. The van der Waals surface area contributed by atoms with E-state index in [9.17, 15) is 4.79 Å². The van der Waals surface area contributed by atoms with Gasteiger partial charge in [-0.1, -0.05) is 51.3 Å². The standard InChI is InChI=1S/C32H53FO6/c1-4-5-14-24(2)28(38-31-17-10-12-21-36-31)20-19-26-25(15-8-6-7-9-16-30(34)35-3)27(33)23-29(26)39-32-18-11-13-22-37-32/h9,16,19-20,24-29,31-32H,4-8,10-15,17-18,21-23H2,1-3H3/b16-9+,20-19+/t24?,25-,26-,27-,28-,29-,31?,32?/m1/s1. The molecule has 1 aliphatic carbocycles. The van der Waals surface area contributed by atoms with Gasteiger partial charge in [0, 0.05) is 31.6 Å². The summed E-state index contributed by atoms with van der Waals surface area (Å²) in [5, 5.41) is 0. The zero-order chi connectivity index (χ0) is 27.9. The van der Waals surface area contributed by atoms with Gasteiger partial charge in [0.25, 0.3) is 0 Å². The third kappa shape index (κ3) is 11.3. The lowest BCUT2D eigenvalue weighted by molar-refractivity contribution is -0.193. The van der Waals surface area contributed by atoms with Crippen LogP contribution < -0.4 is 0 Å². The molecule has 39 heavy (non-hydrogen) atoms.